The van der Waals surface area contributed by atoms with E-state index in [4.69, 9.17) is 13.9 Å². The summed E-state index contributed by atoms with van der Waals surface area (Å²) in [4.78, 5) is 34.4. The van der Waals surface area contributed by atoms with Crippen LogP contribution in [-0.4, -0.2) is 18.0 Å². The molecule has 0 radical (unpaired) electrons. The van der Waals surface area contributed by atoms with Gasteiger partial charge in [0, 0.05) is 23.6 Å². The minimum Gasteiger partial charge on any atom is -0.490 e. The summed E-state index contributed by atoms with van der Waals surface area (Å²) >= 11 is 0. The van der Waals surface area contributed by atoms with Gasteiger partial charge in [0.2, 0.25) is 0 Å². The second-order valence-electron chi connectivity index (χ2n) is 5.64. The van der Waals surface area contributed by atoms with Crippen LogP contribution in [0.15, 0.2) is 51.7 Å². The lowest BCUT2D eigenvalue weighted by atomic mass is 10.1. The van der Waals surface area contributed by atoms with Crippen molar-refractivity contribution in [1.82, 2.24) is 0 Å². The largest absolute Gasteiger partial charge is 0.490 e. The van der Waals surface area contributed by atoms with Gasteiger partial charge in [-0.1, -0.05) is 6.92 Å². The monoisotopic (exact) mass is 369 g/mol. The van der Waals surface area contributed by atoms with Gasteiger partial charge < -0.3 is 13.9 Å². The van der Waals surface area contributed by atoms with Gasteiger partial charge in [-0.15, -0.1) is 0 Å². The van der Waals surface area contributed by atoms with E-state index < -0.39 is 16.5 Å². The summed E-state index contributed by atoms with van der Waals surface area (Å²) < 4.78 is 15.3. The van der Waals surface area contributed by atoms with E-state index in [0.29, 0.717) is 12.0 Å². The van der Waals surface area contributed by atoms with Gasteiger partial charge >= 0.3 is 17.3 Å². The summed E-state index contributed by atoms with van der Waals surface area (Å²) in [6, 6.07) is 9.88. The number of ether oxygens (including phenoxy) is 2. The van der Waals surface area contributed by atoms with Crippen molar-refractivity contribution in [3.63, 3.8) is 0 Å². The number of carbonyl (C=O) groups is 1. The molecule has 0 unspecified atom stereocenters. The summed E-state index contributed by atoms with van der Waals surface area (Å²) in [5.41, 5.74) is 0.277. The molecule has 0 aliphatic rings. The first kappa shape index (κ1) is 18.1. The lowest BCUT2D eigenvalue weighted by Crippen LogP contribution is -2.09. The van der Waals surface area contributed by atoms with Crippen molar-refractivity contribution in [2.45, 2.75) is 13.3 Å². The Morgan fingerprint density at radius 2 is 1.96 bits per heavy atom. The molecule has 0 N–H and O–H groups in total. The number of esters is 1. The normalized spacial score (nSPS) is 10.6. The Kier molecular flexibility index (Phi) is 4.89. The fourth-order valence-electron chi connectivity index (χ4n) is 2.69. The number of fused-ring (bicyclic) bond motifs is 1. The molecular formula is C19H15NO7. The van der Waals surface area contributed by atoms with E-state index in [1.165, 1.54) is 31.4 Å². The molecule has 3 rings (SSSR count). The van der Waals surface area contributed by atoms with Gasteiger partial charge in [0.15, 0.2) is 5.75 Å². The third-order valence-corrected chi connectivity index (χ3v) is 4.00. The van der Waals surface area contributed by atoms with Crippen molar-refractivity contribution < 1.29 is 23.6 Å². The predicted molar refractivity (Wildman–Crippen MR) is 96.5 cm³/mol. The Bertz CT molecular complexity index is 1100. The van der Waals surface area contributed by atoms with Crippen molar-refractivity contribution in [3.05, 3.63) is 74.1 Å². The van der Waals surface area contributed by atoms with E-state index in [1.54, 1.807) is 12.1 Å². The van der Waals surface area contributed by atoms with Crippen LogP contribution in [0.1, 0.15) is 22.8 Å². The molecule has 0 amide bonds. The molecule has 138 valence electrons. The van der Waals surface area contributed by atoms with Gasteiger partial charge in [-0.3, -0.25) is 10.1 Å². The second kappa shape index (κ2) is 7.28. The third kappa shape index (κ3) is 3.64. The summed E-state index contributed by atoms with van der Waals surface area (Å²) in [6.45, 7) is 1.92. The van der Waals surface area contributed by atoms with Gasteiger partial charge in [0.05, 0.1) is 17.6 Å². The Labute approximate surface area is 153 Å². The summed E-state index contributed by atoms with van der Waals surface area (Å²) in [7, 11) is 1.30. The highest BCUT2D eigenvalue weighted by molar-refractivity contribution is 5.93. The van der Waals surface area contributed by atoms with Gasteiger partial charge in [0.1, 0.15) is 11.3 Å². The maximum Gasteiger partial charge on any atom is 0.343 e. The summed E-state index contributed by atoms with van der Waals surface area (Å²) in [6.07, 6.45) is 0.650. The standard InChI is InChI=1S/C19H15NO7/c1-3-11-9-18(21)27-17-10-13(5-6-14(11)17)26-19(22)12-4-7-16(25-2)15(8-12)20(23)24/h4-10H,3H2,1-2H3. The van der Waals surface area contributed by atoms with Crippen LogP contribution in [0.3, 0.4) is 0 Å². The van der Waals surface area contributed by atoms with Gasteiger partial charge in [0.25, 0.3) is 0 Å². The first-order valence-corrected chi connectivity index (χ1v) is 8.04. The average molecular weight is 369 g/mol. The summed E-state index contributed by atoms with van der Waals surface area (Å²) in [5.74, 6) is -0.590. The number of hydrogen-bond acceptors (Lipinski definition) is 7. The van der Waals surface area contributed by atoms with Crippen LogP contribution in [0.2, 0.25) is 0 Å². The molecule has 0 bridgehead atoms. The highest BCUT2D eigenvalue weighted by Crippen LogP contribution is 2.28. The van der Waals surface area contributed by atoms with Crippen LogP contribution >= 0.6 is 0 Å². The first-order valence-electron chi connectivity index (χ1n) is 8.04. The van der Waals surface area contributed by atoms with Gasteiger partial charge in [-0.25, -0.2) is 9.59 Å². The Balaban J connectivity index is 1.93. The Hall–Kier alpha value is -3.68. The highest BCUT2D eigenvalue weighted by atomic mass is 16.6. The summed E-state index contributed by atoms with van der Waals surface area (Å²) in [5, 5.41) is 11.8. The van der Waals surface area contributed by atoms with E-state index >= 15 is 0 Å². The SMILES string of the molecule is CCc1cc(=O)oc2cc(OC(=O)c3ccc(OC)c([N+](=O)[O-])c3)ccc12. The Morgan fingerprint density at radius 3 is 2.63 bits per heavy atom. The van der Waals surface area contributed by atoms with Crippen LogP contribution < -0.4 is 15.1 Å². The van der Waals surface area contributed by atoms with Crippen LogP contribution in [0.4, 0.5) is 5.69 Å². The van der Waals surface area contributed by atoms with Crippen molar-refractivity contribution in [2.24, 2.45) is 0 Å². The highest BCUT2D eigenvalue weighted by Gasteiger charge is 2.19. The maximum atomic E-state index is 12.3. The lowest BCUT2D eigenvalue weighted by molar-refractivity contribution is -0.385. The van der Waals surface area contributed by atoms with Gasteiger partial charge in [-0.05, 0) is 36.2 Å². The third-order valence-electron chi connectivity index (χ3n) is 4.00. The molecular weight excluding hydrogens is 354 g/mol. The molecule has 1 heterocycles. The van der Waals surface area contributed by atoms with Crippen LogP contribution in [0.5, 0.6) is 11.5 Å². The van der Waals surface area contributed by atoms with Crippen molar-refractivity contribution in [3.8, 4) is 11.5 Å². The average Bonchev–Trinajstić information content (AvgIpc) is 2.66. The number of aryl methyl sites for hydroxylation is 1. The molecule has 3 aromatic rings. The maximum absolute atomic E-state index is 12.3. The topological polar surface area (TPSA) is 109 Å². The molecule has 1 aromatic heterocycles. The van der Waals surface area contributed by atoms with E-state index in [2.05, 4.69) is 0 Å². The second-order valence-corrected chi connectivity index (χ2v) is 5.64. The zero-order valence-electron chi connectivity index (χ0n) is 14.6. The number of nitrogens with zero attached hydrogens (tertiary/aromatic N) is 1. The number of carbonyl (C=O) groups excluding carboxylic acids is 1. The smallest absolute Gasteiger partial charge is 0.343 e. The molecule has 2 aromatic carbocycles. The van der Waals surface area contributed by atoms with E-state index in [1.807, 2.05) is 6.92 Å². The number of rotatable bonds is 5. The quantitative estimate of drug-likeness (QED) is 0.223. The van der Waals surface area contributed by atoms with E-state index in [0.717, 1.165) is 17.0 Å². The van der Waals surface area contributed by atoms with Crippen molar-refractivity contribution in [1.29, 1.82) is 0 Å². The molecule has 0 saturated carbocycles. The fourth-order valence-corrected chi connectivity index (χ4v) is 2.69. The minimum atomic E-state index is -0.783. The van der Waals surface area contributed by atoms with Crippen LogP contribution in [0, 0.1) is 10.1 Å². The molecule has 0 aliphatic carbocycles. The number of nitro benzene ring substituents is 1. The zero-order chi connectivity index (χ0) is 19.6. The molecule has 0 atom stereocenters. The van der Waals surface area contributed by atoms with Crippen LogP contribution in [0.25, 0.3) is 11.0 Å². The molecule has 8 heteroatoms. The zero-order valence-corrected chi connectivity index (χ0v) is 14.6. The molecule has 0 spiro atoms. The molecule has 0 saturated heterocycles. The van der Waals surface area contributed by atoms with E-state index in [-0.39, 0.29) is 22.7 Å². The molecule has 0 fully saturated rings. The minimum absolute atomic E-state index is 0.00800. The van der Waals surface area contributed by atoms with Gasteiger partial charge in [-0.2, -0.15) is 0 Å². The number of nitro groups is 1. The molecule has 8 nitrogen and oxygen atoms in total. The molecule has 27 heavy (non-hydrogen) atoms. The number of methoxy groups -OCH3 is 1. The Morgan fingerprint density at radius 1 is 1.19 bits per heavy atom. The number of benzene rings is 2. The first-order chi connectivity index (χ1) is 12.9. The predicted octanol–water partition coefficient (Wildman–Crippen LogP) is 3.49. The fraction of sp³-hybridized carbons (Fsp3) is 0.158. The van der Waals surface area contributed by atoms with E-state index in [9.17, 15) is 19.7 Å². The number of hydrogen-bond donors (Lipinski definition) is 0. The lowest BCUT2D eigenvalue weighted by Gasteiger charge is -2.08. The van der Waals surface area contributed by atoms with Crippen LogP contribution in [-0.2, 0) is 6.42 Å². The molecule has 0 aliphatic heterocycles. The van der Waals surface area contributed by atoms with Crippen molar-refractivity contribution >= 4 is 22.6 Å². The van der Waals surface area contributed by atoms with Crippen molar-refractivity contribution in [2.75, 3.05) is 7.11 Å².